The van der Waals surface area contributed by atoms with Crippen molar-refractivity contribution >= 4 is 11.6 Å². The number of hydrazine groups is 1. The molecule has 0 aromatic carbocycles. The van der Waals surface area contributed by atoms with Gasteiger partial charge in [-0.2, -0.15) is 4.98 Å². The molecule has 0 fully saturated rings. The Balaban J connectivity index is 3.28. The molecular formula is C8H13N5O3. The molecule has 3 N–H and O–H groups in total. The maximum absolute atomic E-state index is 10.8. The third-order valence-electron chi connectivity index (χ3n) is 1.69. The maximum atomic E-state index is 10.8. The third kappa shape index (κ3) is 2.54. The van der Waals surface area contributed by atoms with Gasteiger partial charge in [-0.1, -0.05) is 0 Å². The van der Waals surface area contributed by atoms with E-state index in [9.17, 15) is 10.1 Å². The molecule has 8 heteroatoms. The van der Waals surface area contributed by atoms with E-state index in [-0.39, 0.29) is 29.3 Å². The first-order valence-electron chi connectivity index (χ1n) is 4.62. The monoisotopic (exact) mass is 227 g/mol. The van der Waals surface area contributed by atoms with Crippen LogP contribution in [0, 0.1) is 17.0 Å². The summed E-state index contributed by atoms with van der Waals surface area (Å²) in [6.45, 7) is 4.99. The fourth-order valence-electron chi connectivity index (χ4n) is 1.12. The van der Waals surface area contributed by atoms with Crippen molar-refractivity contribution in [3.63, 3.8) is 0 Å². The number of nitrogens with one attached hydrogen (secondary N) is 1. The molecule has 0 aliphatic rings. The summed E-state index contributed by atoms with van der Waals surface area (Å²) in [6.07, 6.45) is -0.223. The number of hydrogen-bond acceptors (Lipinski definition) is 7. The molecule has 1 aromatic heterocycles. The topological polar surface area (TPSA) is 116 Å². The van der Waals surface area contributed by atoms with Gasteiger partial charge in [0.15, 0.2) is 0 Å². The first kappa shape index (κ1) is 12.1. The van der Waals surface area contributed by atoms with Gasteiger partial charge in [0.2, 0.25) is 5.95 Å². The van der Waals surface area contributed by atoms with Gasteiger partial charge >= 0.3 is 5.69 Å². The summed E-state index contributed by atoms with van der Waals surface area (Å²) in [5, 5.41) is 10.8. The van der Waals surface area contributed by atoms with E-state index >= 15 is 0 Å². The number of nitro groups is 1. The molecule has 1 aromatic rings. The number of ether oxygens (including phenoxy) is 1. The van der Waals surface area contributed by atoms with Crippen LogP contribution in [0.3, 0.4) is 0 Å². The SMILES string of the molecule is Cc1nc(NN)nc(OC(C)C)c1[N+](=O)[O-]. The molecule has 1 heterocycles. The van der Waals surface area contributed by atoms with E-state index in [2.05, 4.69) is 15.4 Å². The standard InChI is InChI=1S/C8H13N5O3/c1-4(2)16-7-6(13(14)15)5(3)10-8(11-7)12-9/h4H,9H2,1-3H3,(H,10,11,12). The van der Waals surface area contributed by atoms with Crippen LogP contribution in [0.4, 0.5) is 11.6 Å². The van der Waals surface area contributed by atoms with Crippen LogP contribution in [-0.2, 0) is 0 Å². The number of anilines is 1. The van der Waals surface area contributed by atoms with Gasteiger partial charge in [0.1, 0.15) is 5.69 Å². The van der Waals surface area contributed by atoms with Gasteiger partial charge in [0.05, 0.1) is 11.0 Å². The number of nitrogen functional groups attached to an aromatic ring is 1. The quantitative estimate of drug-likeness (QED) is 0.443. The van der Waals surface area contributed by atoms with Crippen LogP contribution in [0.1, 0.15) is 19.5 Å². The van der Waals surface area contributed by atoms with Crippen molar-refractivity contribution in [3.05, 3.63) is 15.8 Å². The number of rotatable bonds is 4. The minimum Gasteiger partial charge on any atom is -0.470 e. The highest BCUT2D eigenvalue weighted by Gasteiger charge is 2.24. The summed E-state index contributed by atoms with van der Waals surface area (Å²) >= 11 is 0. The fraction of sp³-hybridized carbons (Fsp3) is 0.500. The minimum absolute atomic E-state index is 0.0822. The fourth-order valence-corrected chi connectivity index (χ4v) is 1.12. The van der Waals surface area contributed by atoms with Crippen LogP contribution in [0.2, 0.25) is 0 Å². The largest absolute Gasteiger partial charge is 0.470 e. The first-order chi connectivity index (χ1) is 7.45. The Hall–Kier alpha value is -1.96. The zero-order chi connectivity index (χ0) is 12.3. The lowest BCUT2D eigenvalue weighted by molar-refractivity contribution is -0.387. The number of nitrogens with two attached hydrogens (primary N) is 1. The Kier molecular flexibility index (Phi) is 3.56. The van der Waals surface area contributed by atoms with Gasteiger partial charge in [-0.25, -0.2) is 10.8 Å². The van der Waals surface area contributed by atoms with Gasteiger partial charge in [-0.05, 0) is 20.8 Å². The van der Waals surface area contributed by atoms with Crippen molar-refractivity contribution in [2.45, 2.75) is 26.9 Å². The predicted molar refractivity (Wildman–Crippen MR) is 57.0 cm³/mol. The number of aryl methyl sites for hydroxylation is 1. The zero-order valence-corrected chi connectivity index (χ0v) is 9.22. The Morgan fingerprint density at radius 2 is 2.12 bits per heavy atom. The molecule has 0 aliphatic heterocycles. The highest BCUT2D eigenvalue weighted by Crippen LogP contribution is 2.29. The van der Waals surface area contributed by atoms with E-state index < -0.39 is 4.92 Å². The molecule has 0 radical (unpaired) electrons. The molecule has 88 valence electrons. The lowest BCUT2D eigenvalue weighted by Gasteiger charge is -2.10. The van der Waals surface area contributed by atoms with Gasteiger partial charge < -0.3 is 4.74 Å². The van der Waals surface area contributed by atoms with E-state index in [1.807, 2.05) is 0 Å². The molecule has 16 heavy (non-hydrogen) atoms. The van der Waals surface area contributed by atoms with E-state index in [0.29, 0.717) is 0 Å². The van der Waals surface area contributed by atoms with Crippen LogP contribution < -0.4 is 16.0 Å². The highest BCUT2D eigenvalue weighted by molar-refractivity contribution is 5.48. The number of hydrogen-bond donors (Lipinski definition) is 2. The smallest absolute Gasteiger partial charge is 0.352 e. The van der Waals surface area contributed by atoms with Crippen molar-refractivity contribution < 1.29 is 9.66 Å². The molecule has 0 saturated heterocycles. The van der Waals surface area contributed by atoms with Crippen molar-refractivity contribution in [1.82, 2.24) is 9.97 Å². The van der Waals surface area contributed by atoms with E-state index in [1.54, 1.807) is 13.8 Å². The molecule has 0 atom stereocenters. The Morgan fingerprint density at radius 3 is 2.56 bits per heavy atom. The molecule has 1 rings (SSSR count). The minimum atomic E-state index is -0.576. The van der Waals surface area contributed by atoms with E-state index in [4.69, 9.17) is 10.6 Å². The first-order valence-corrected chi connectivity index (χ1v) is 4.62. The van der Waals surface area contributed by atoms with Crippen molar-refractivity contribution in [1.29, 1.82) is 0 Å². The summed E-state index contributed by atoms with van der Waals surface area (Å²) in [7, 11) is 0. The summed E-state index contributed by atoms with van der Waals surface area (Å²) in [6, 6.07) is 0. The number of aromatic nitrogens is 2. The summed E-state index contributed by atoms with van der Waals surface area (Å²) in [5.74, 6) is 5.14. The summed E-state index contributed by atoms with van der Waals surface area (Å²) in [4.78, 5) is 17.9. The Labute approximate surface area is 92.0 Å². The van der Waals surface area contributed by atoms with E-state index in [1.165, 1.54) is 6.92 Å². The molecule has 0 saturated carbocycles. The Morgan fingerprint density at radius 1 is 1.50 bits per heavy atom. The van der Waals surface area contributed by atoms with Crippen LogP contribution in [0.5, 0.6) is 5.88 Å². The molecule has 0 unspecified atom stereocenters. The summed E-state index contributed by atoms with van der Waals surface area (Å²) < 4.78 is 5.24. The van der Waals surface area contributed by atoms with Gasteiger partial charge in [0.25, 0.3) is 5.88 Å². The maximum Gasteiger partial charge on any atom is 0.352 e. The van der Waals surface area contributed by atoms with Crippen molar-refractivity contribution in [2.75, 3.05) is 5.43 Å². The lowest BCUT2D eigenvalue weighted by atomic mass is 10.3. The van der Waals surface area contributed by atoms with Crippen LogP contribution in [-0.4, -0.2) is 21.0 Å². The second kappa shape index (κ2) is 4.71. The lowest BCUT2D eigenvalue weighted by Crippen LogP contribution is -2.15. The molecule has 8 nitrogen and oxygen atoms in total. The molecular weight excluding hydrogens is 214 g/mol. The average molecular weight is 227 g/mol. The molecule has 0 spiro atoms. The number of nitrogens with zero attached hydrogens (tertiary/aromatic N) is 3. The normalized spacial score (nSPS) is 10.3. The summed E-state index contributed by atoms with van der Waals surface area (Å²) in [5.41, 5.74) is 2.18. The van der Waals surface area contributed by atoms with Crippen LogP contribution >= 0.6 is 0 Å². The molecule has 0 amide bonds. The van der Waals surface area contributed by atoms with Crippen LogP contribution in [0.15, 0.2) is 0 Å². The second-order valence-corrected chi connectivity index (χ2v) is 3.35. The molecule has 0 bridgehead atoms. The van der Waals surface area contributed by atoms with Crippen molar-refractivity contribution in [2.24, 2.45) is 5.84 Å². The van der Waals surface area contributed by atoms with E-state index in [0.717, 1.165) is 0 Å². The second-order valence-electron chi connectivity index (χ2n) is 3.35. The predicted octanol–water partition coefficient (Wildman–Crippen LogP) is 0.766. The van der Waals surface area contributed by atoms with Crippen LogP contribution in [0.25, 0.3) is 0 Å². The van der Waals surface area contributed by atoms with Crippen molar-refractivity contribution in [3.8, 4) is 5.88 Å². The zero-order valence-electron chi connectivity index (χ0n) is 9.22. The van der Waals surface area contributed by atoms with Gasteiger partial charge in [-0.3, -0.25) is 15.5 Å². The average Bonchev–Trinajstić information content (AvgIpc) is 2.14. The molecule has 0 aliphatic carbocycles. The Bertz CT molecular complexity index is 407. The van der Waals surface area contributed by atoms with Gasteiger partial charge in [0, 0.05) is 0 Å². The third-order valence-corrected chi connectivity index (χ3v) is 1.69. The highest BCUT2D eigenvalue weighted by atomic mass is 16.6. The van der Waals surface area contributed by atoms with Gasteiger partial charge in [-0.15, -0.1) is 0 Å².